The standard InChI is InChI=1S/C22H21Cl2N5O4/c1-12-2-3-15(9-16(12)23)26-22(32)29-6-4-13(5-7-29)19-17(24)8-14(10-25-19)20-27-28-21(33-20)18(31)11-30/h2-4,8-10,18,30-31H,5-7,11H2,1H3,(H,26,32)/t18-/m1/s1. The molecule has 1 aromatic carbocycles. The Hall–Kier alpha value is -2.98. The summed E-state index contributed by atoms with van der Waals surface area (Å²) in [5.74, 6) is 0.0455. The van der Waals surface area contributed by atoms with Crippen LogP contribution in [0.15, 0.2) is 41.0 Å². The third-order valence-corrected chi connectivity index (χ3v) is 5.91. The van der Waals surface area contributed by atoms with Crippen molar-refractivity contribution in [2.45, 2.75) is 19.4 Å². The summed E-state index contributed by atoms with van der Waals surface area (Å²) < 4.78 is 5.36. The molecular formula is C22H21Cl2N5O4. The number of amides is 2. The van der Waals surface area contributed by atoms with Crippen molar-refractivity contribution >= 4 is 40.5 Å². The molecule has 1 atom stereocenters. The van der Waals surface area contributed by atoms with E-state index >= 15 is 0 Å². The third-order valence-electron chi connectivity index (χ3n) is 5.21. The van der Waals surface area contributed by atoms with E-state index in [0.29, 0.717) is 46.5 Å². The molecule has 9 nitrogen and oxygen atoms in total. The van der Waals surface area contributed by atoms with Gasteiger partial charge in [0.1, 0.15) is 0 Å². The van der Waals surface area contributed by atoms with Gasteiger partial charge in [0.15, 0.2) is 6.10 Å². The maximum Gasteiger partial charge on any atom is 0.322 e. The van der Waals surface area contributed by atoms with Crippen molar-refractivity contribution in [3.63, 3.8) is 0 Å². The van der Waals surface area contributed by atoms with Gasteiger partial charge in [-0.05, 0) is 42.7 Å². The first-order valence-electron chi connectivity index (χ1n) is 10.2. The van der Waals surface area contributed by atoms with Crippen LogP contribution in [0.2, 0.25) is 10.0 Å². The highest BCUT2D eigenvalue weighted by molar-refractivity contribution is 6.32. The van der Waals surface area contributed by atoms with E-state index < -0.39 is 12.7 Å². The van der Waals surface area contributed by atoms with Crippen LogP contribution < -0.4 is 5.32 Å². The van der Waals surface area contributed by atoms with E-state index in [2.05, 4.69) is 20.5 Å². The summed E-state index contributed by atoms with van der Waals surface area (Å²) >= 11 is 12.6. The fourth-order valence-corrected chi connectivity index (χ4v) is 3.77. The number of benzene rings is 1. The second-order valence-corrected chi connectivity index (χ2v) is 8.33. The predicted molar refractivity (Wildman–Crippen MR) is 124 cm³/mol. The zero-order valence-electron chi connectivity index (χ0n) is 17.6. The lowest BCUT2D eigenvalue weighted by molar-refractivity contribution is 0.0736. The summed E-state index contributed by atoms with van der Waals surface area (Å²) in [5.41, 5.74) is 3.61. The van der Waals surface area contributed by atoms with Gasteiger partial charge < -0.3 is 24.8 Å². The van der Waals surface area contributed by atoms with Crippen LogP contribution in [0.5, 0.6) is 0 Å². The van der Waals surface area contributed by atoms with Gasteiger partial charge in [0.2, 0.25) is 11.8 Å². The molecule has 0 unspecified atom stereocenters. The van der Waals surface area contributed by atoms with Crippen molar-refractivity contribution in [2.24, 2.45) is 0 Å². The number of halogens is 2. The largest absolute Gasteiger partial charge is 0.418 e. The first-order valence-corrected chi connectivity index (χ1v) is 10.9. The second kappa shape index (κ2) is 9.88. The smallest absolute Gasteiger partial charge is 0.322 e. The number of nitrogens with zero attached hydrogens (tertiary/aromatic N) is 4. The van der Waals surface area contributed by atoms with Gasteiger partial charge in [-0.1, -0.05) is 35.3 Å². The Morgan fingerprint density at radius 1 is 1.27 bits per heavy atom. The Kier molecular flexibility index (Phi) is 6.94. The van der Waals surface area contributed by atoms with Crippen LogP contribution in [0.1, 0.15) is 29.7 Å². The Balaban J connectivity index is 1.43. The SMILES string of the molecule is Cc1ccc(NC(=O)N2CC=C(c3ncc(-c4nnc([C@H](O)CO)o4)cc3Cl)CC2)cc1Cl. The molecule has 1 aliphatic rings. The van der Waals surface area contributed by atoms with Crippen molar-refractivity contribution in [1.29, 1.82) is 0 Å². The number of hydrogen-bond acceptors (Lipinski definition) is 7. The quantitative estimate of drug-likeness (QED) is 0.492. The highest BCUT2D eigenvalue weighted by Crippen LogP contribution is 2.31. The molecule has 172 valence electrons. The van der Waals surface area contributed by atoms with Crippen LogP contribution in [-0.4, -0.2) is 56.0 Å². The molecule has 3 heterocycles. The Labute approximate surface area is 199 Å². The zero-order valence-corrected chi connectivity index (χ0v) is 19.1. The van der Waals surface area contributed by atoms with Gasteiger partial charge in [-0.3, -0.25) is 4.98 Å². The zero-order chi connectivity index (χ0) is 23.5. The van der Waals surface area contributed by atoms with E-state index in [0.717, 1.165) is 11.1 Å². The highest BCUT2D eigenvalue weighted by Gasteiger charge is 2.21. The number of carbonyl (C=O) groups is 1. The topological polar surface area (TPSA) is 125 Å². The average molecular weight is 490 g/mol. The van der Waals surface area contributed by atoms with Gasteiger partial charge in [0, 0.05) is 30.0 Å². The predicted octanol–water partition coefficient (Wildman–Crippen LogP) is 4.09. The number of rotatable bonds is 5. The molecule has 0 saturated heterocycles. The minimum Gasteiger partial charge on any atom is -0.418 e. The maximum atomic E-state index is 12.6. The number of hydrogen-bond donors (Lipinski definition) is 3. The van der Waals surface area contributed by atoms with E-state index in [4.69, 9.17) is 32.7 Å². The minimum atomic E-state index is -1.25. The summed E-state index contributed by atoms with van der Waals surface area (Å²) in [6.45, 7) is 2.29. The van der Waals surface area contributed by atoms with Crippen LogP contribution in [-0.2, 0) is 0 Å². The van der Waals surface area contributed by atoms with Crippen molar-refractivity contribution in [3.8, 4) is 11.5 Å². The third kappa shape index (κ3) is 5.17. The maximum absolute atomic E-state index is 12.6. The van der Waals surface area contributed by atoms with Crippen LogP contribution >= 0.6 is 23.2 Å². The number of anilines is 1. The first-order chi connectivity index (χ1) is 15.9. The van der Waals surface area contributed by atoms with Crippen LogP contribution in [0.4, 0.5) is 10.5 Å². The van der Waals surface area contributed by atoms with Gasteiger partial charge in [0.05, 0.1) is 22.9 Å². The summed E-state index contributed by atoms with van der Waals surface area (Å²) in [6, 6.07) is 6.83. The molecular weight excluding hydrogens is 469 g/mol. The number of aryl methyl sites for hydroxylation is 1. The van der Waals surface area contributed by atoms with Gasteiger partial charge in [-0.15, -0.1) is 10.2 Å². The molecule has 0 bridgehead atoms. The molecule has 0 radical (unpaired) electrons. The van der Waals surface area contributed by atoms with Gasteiger partial charge in [-0.25, -0.2) is 4.79 Å². The van der Waals surface area contributed by atoms with E-state index in [-0.39, 0.29) is 17.8 Å². The molecule has 3 N–H and O–H groups in total. The Morgan fingerprint density at radius 2 is 2.09 bits per heavy atom. The van der Waals surface area contributed by atoms with E-state index in [1.165, 1.54) is 0 Å². The molecule has 0 aliphatic carbocycles. The van der Waals surface area contributed by atoms with E-state index in [9.17, 15) is 9.90 Å². The summed E-state index contributed by atoms with van der Waals surface area (Å²) in [5, 5.41) is 30.0. The lowest BCUT2D eigenvalue weighted by Crippen LogP contribution is -2.38. The number of urea groups is 1. The molecule has 4 rings (SSSR count). The lowest BCUT2D eigenvalue weighted by atomic mass is 10.0. The summed E-state index contributed by atoms with van der Waals surface area (Å²) in [7, 11) is 0. The molecule has 0 fully saturated rings. The Bertz CT molecular complexity index is 1210. The van der Waals surface area contributed by atoms with Gasteiger partial charge >= 0.3 is 6.03 Å². The molecule has 0 spiro atoms. The fourth-order valence-electron chi connectivity index (χ4n) is 3.30. The number of carbonyl (C=O) groups excluding carboxylic acids is 1. The molecule has 1 aliphatic heterocycles. The average Bonchev–Trinajstić information content (AvgIpc) is 3.31. The van der Waals surface area contributed by atoms with Gasteiger partial charge in [-0.2, -0.15) is 0 Å². The molecule has 3 aromatic rings. The van der Waals surface area contributed by atoms with Crippen molar-refractivity contribution in [1.82, 2.24) is 20.1 Å². The summed E-state index contributed by atoms with van der Waals surface area (Å²) in [6.07, 6.45) is 2.80. The van der Waals surface area contributed by atoms with Crippen LogP contribution in [0.3, 0.4) is 0 Å². The van der Waals surface area contributed by atoms with Crippen LogP contribution in [0.25, 0.3) is 17.0 Å². The summed E-state index contributed by atoms with van der Waals surface area (Å²) in [4.78, 5) is 18.7. The number of nitrogens with one attached hydrogen (secondary N) is 1. The normalized spacial score (nSPS) is 14.7. The number of aliphatic hydroxyl groups excluding tert-OH is 2. The Morgan fingerprint density at radius 3 is 2.76 bits per heavy atom. The minimum absolute atomic E-state index is 0.0889. The molecule has 0 saturated carbocycles. The second-order valence-electron chi connectivity index (χ2n) is 7.52. The van der Waals surface area contributed by atoms with Crippen LogP contribution in [0, 0.1) is 6.92 Å². The molecule has 11 heteroatoms. The number of aliphatic hydroxyl groups is 2. The molecule has 33 heavy (non-hydrogen) atoms. The van der Waals surface area contributed by atoms with Crippen molar-refractivity contribution < 1.29 is 19.4 Å². The molecule has 2 aromatic heterocycles. The fraction of sp³-hybridized carbons (Fsp3) is 0.273. The van der Waals surface area contributed by atoms with Crippen molar-refractivity contribution in [2.75, 3.05) is 25.0 Å². The van der Waals surface area contributed by atoms with E-state index in [1.807, 2.05) is 25.1 Å². The first kappa shape index (κ1) is 23.2. The monoisotopic (exact) mass is 489 g/mol. The molecule has 2 amide bonds. The van der Waals surface area contributed by atoms with E-state index in [1.54, 1.807) is 23.2 Å². The lowest BCUT2D eigenvalue weighted by Gasteiger charge is -2.27. The number of aromatic nitrogens is 3. The van der Waals surface area contributed by atoms with Crippen molar-refractivity contribution in [3.05, 3.63) is 63.7 Å². The highest BCUT2D eigenvalue weighted by atomic mass is 35.5. The number of pyridine rings is 1. The van der Waals surface area contributed by atoms with Gasteiger partial charge in [0.25, 0.3) is 0 Å².